The zero-order chi connectivity index (χ0) is 12.6. The number of rotatable bonds is 2. The Kier molecular flexibility index (Phi) is 7.28. The minimum Gasteiger partial charge on any atom is -0.465 e. The maximum absolute atomic E-state index is 11.6. The summed E-state index contributed by atoms with van der Waals surface area (Å²) in [5.41, 5.74) is 0. The molecule has 0 radical (unpaired) electrons. The standard InChI is InChI=1S/C4H6F2O2.C4H5FO2/c1-4(5,6)3(7)8-2;1-3(5)4(6)7-2/h1-2H3;1H2,2H3. The summed E-state index contributed by atoms with van der Waals surface area (Å²) in [5, 5.41) is 0. The highest BCUT2D eigenvalue weighted by atomic mass is 19.3. The largest absolute Gasteiger partial charge is 0.465 e. The molecule has 0 aliphatic carbocycles. The van der Waals surface area contributed by atoms with E-state index < -0.39 is 23.7 Å². The number of methoxy groups -OCH3 is 2. The van der Waals surface area contributed by atoms with Crippen LogP contribution in [0.5, 0.6) is 0 Å². The lowest BCUT2D eigenvalue weighted by molar-refractivity contribution is -0.165. The van der Waals surface area contributed by atoms with Crippen LogP contribution >= 0.6 is 0 Å². The third-order valence-corrected chi connectivity index (χ3v) is 0.951. The Hall–Kier alpha value is -1.53. The van der Waals surface area contributed by atoms with Gasteiger partial charge >= 0.3 is 17.9 Å². The van der Waals surface area contributed by atoms with Gasteiger partial charge in [0.1, 0.15) is 0 Å². The van der Waals surface area contributed by atoms with Crippen molar-refractivity contribution in [2.45, 2.75) is 12.8 Å². The summed E-state index contributed by atoms with van der Waals surface area (Å²) < 4.78 is 42.3. The average molecular weight is 228 g/mol. The second-order valence-electron chi connectivity index (χ2n) is 2.28. The molecule has 0 aromatic carbocycles. The minimum absolute atomic E-state index is 0.485. The van der Waals surface area contributed by atoms with E-state index in [1.807, 2.05) is 0 Å². The summed E-state index contributed by atoms with van der Waals surface area (Å²) in [6.45, 7) is 3.17. The van der Waals surface area contributed by atoms with E-state index in [0.717, 1.165) is 14.2 Å². The van der Waals surface area contributed by atoms with Gasteiger partial charge in [0, 0.05) is 6.92 Å². The van der Waals surface area contributed by atoms with E-state index >= 15 is 0 Å². The quantitative estimate of drug-likeness (QED) is 0.530. The van der Waals surface area contributed by atoms with Crippen LogP contribution in [0.1, 0.15) is 6.92 Å². The van der Waals surface area contributed by atoms with E-state index in [-0.39, 0.29) is 0 Å². The fraction of sp³-hybridized carbons (Fsp3) is 0.500. The molecule has 0 N–H and O–H groups in total. The van der Waals surface area contributed by atoms with Gasteiger partial charge < -0.3 is 9.47 Å². The summed E-state index contributed by atoms with van der Waals surface area (Å²) in [7, 11) is 2.01. The third-order valence-electron chi connectivity index (χ3n) is 0.951. The number of carbonyl (C=O) groups is 2. The van der Waals surface area contributed by atoms with Crippen molar-refractivity contribution < 1.29 is 32.2 Å². The molecule has 4 nitrogen and oxygen atoms in total. The molecule has 0 spiro atoms. The van der Waals surface area contributed by atoms with Crippen LogP contribution in [0.2, 0.25) is 0 Å². The van der Waals surface area contributed by atoms with Crippen LogP contribution in [-0.2, 0) is 19.1 Å². The summed E-state index contributed by atoms with van der Waals surface area (Å²) in [5.74, 6) is -6.94. The molecule has 0 bridgehead atoms. The normalized spacial score (nSPS) is 9.47. The molecule has 0 saturated carbocycles. The van der Waals surface area contributed by atoms with Crippen LogP contribution in [-0.4, -0.2) is 32.1 Å². The number of esters is 2. The van der Waals surface area contributed by atoms with E-state index in [1.54, 1.807) is 0 Å². The van der Waals surface area contributed by atoms with Crippen LogP contribution in [0.4, 0.5) is 13.2 Å². The first-order valence-electron chi connectivity index (χ1n) is 3.55. The zero-order valence-electron chi connectivity index (χ0n) is 8.47. The molecular formula is C8H11F3O4. The molecule has 0 unspecified atom stereocenters. The first kappa shape index (κ1) is 15.9. The Bertz CT molecular complexity index is 245. The van der Waals surface area contributed by atoms with Crippen molar-refractivity contribution in [2.24, 2.45) is 0 Å². The molecule has 7 heteroatoms. The van der Waals surface area contributed by atoms with Gasteiger partial charge in [0.25, 0.3) is 0 Å². The van der Waals surface area contributed by atoms with E-state index in [9.17, 15) is 22.8 Å². The van der Waals surface area contributed by atoms with Gasteiger partial charge in [0.05, 0.1) is 14.2 Å². The summed E-state index contributed by atoms with van der Waals surface area (Å²) >= 11 is 0. The molecule has 0 atom stereocenters. The second-order valence-corrected chi connectivity index (χ2v) is 2.28. The Morgan fingerprint density at radius 3 is 1.60 bits per heavy atom. The number of alkyl halides is 2. The molecule has 0 aliphatic heterocycles. The molecule has 0 aromatic rings. The van der Waals surface area contributed by atoms with Gasteiger partial charge in [-0.2, -0.15) is 13.2 Å². The molecule has 15 heavy (non-hydrogen) atoms. The van der Waals surface area contributed by atoms with E-state index in [4.69, 9.17) is 0 Å². The molecule has 0 rings (SSSR count). The minimum atomic E-state index is -3.35. The van der Waals surface area contributed by atoms with Gasteiger partial charge in [-0.1, -0.05) is 6.58 Å². The molecule has 0 fully saturated rings. The maximum Gasteiger partial charge on any atom is 0.376 e. The highest BCUT2D eigenvalue weighted by molar-refractivity contribution is 5.84. The SMILES string of the molecule is C=C(F)C(=O)OC.COC(=O)C(C)(F)F. The molecule has 0 saturated heterocycles. The lowest BCUT2D eigenvalue weighted by Crippen LogP contribution is -2.25. The third kappa shape index (κ3) is 8.79. The average Bonchev–Trinajstić information content (AvgIpc) is 2.14. The van der Waals surface area contributed by atoms with Crippen LogP contribution in [0.15, 0.2) is 12.4 Å². The van der Waals surface area contributed by atoms with Crippen molar-refractivity contribution in [3.63, 3.8) is 0 Å². The summed E-state index contributed by atoms with van der Waals surface area (Å²) in [6.07, 6.45) is 0. The maximum atomic E-state index is 11.6. The van der Waals surface area contributed by atoms with Gasteiger partial charge in [-0.25, -0.2) is 9.59 Å². The van der Waals surface area contributed by atoms with Crippen molar-refractivity contribution in [1.29, 1.82) is 0 Å². The van der Waals surface area contributed by atoms with Gasteiger partial charge in [-0.05, 0) is 0 Å². The molecular weight excluding hydrogens is 217 g/mol. The van der Waals surface area contributed by atoms with Crippen molar-refractivity contribution in [3.05, 3.63) is 12.4 Å². The Morgan fingerprint density at radius 1 is 1.20 bits per heavy atom. The van der Waals surface area contributed by atoms with Crippen LogP contribution < -0.4 is 0 Å². The Balaban J connectivity index is 0. The molecule has 0 aliphatic rings. The Morgan fingerprint density at radius 2 is 1.60 bits per heavy atom. The monoisotopic (exact) mass is 228 g/mol. The van der Waals surface area contributed by atoms with E-state index in [0.29, 0.717) is 6.92 Å². The lowest BCUT2D eigenvalue weighted by Gasteiger charge is -2.04. The Labute approximate surface area is 84.7 Å². The topological polar surface area (TPSA) is 52.6 Å². The molecule has 88 valence electrons. The highest BCUT2D eigenvalue weighted by Crippen LogP contribution is 2.12. The predicted octanol–water partition coefficient (Wildman–Crippen LogP) is 1.46. The van der Waals surface area contributed by atoms with Crippen LogP contribution in [0.25, 0.3) is 0 Å². The molecule has 0 amide bonds. The summed E-state index contributed by atoms with van der Waals surface area (Å²) in [6, 6.07) is 0. The van der Waals surface area contributed by atoms with E-state index in [1.165, 1.54) is 0 Å². The molecule has 0 heterocycles. The van der Waals surface area contributed by atoms with Crippen LogP contribution in [0, 0.1) is 0 Å². The van der Waals surface area contributed by atoms with Crippen molar-refractivity contribution in [3.8, 4) is 0 Å². The lowest BCUT2D eigenvalue weighted by atomic mass is 10.4. The fourth-order valence-corrected chi connectivity index (χ4v) is 0.290. The van der Waals surface area contributed by atoms with E-state index in [2.05, 4.69) is 16.1 Å². The number of ether oxygens (including phenoxy) is 2. The number of hydrogen-bond acceptors (Lipinski definition) is 4. The van der Waals surface area contributed by atoms with Gasteiger partial charge in [0.15, 0.2) is 0 Å². The first-order chi connectivity index (χ1) is 6.66. The van der Waals surface area contributed by atoms with Crippen molar-refractivity contribution in [1.82, 2.24) is 0 Å². The van der Waals surface area contributed by atoms with Gasteiger partial charge in [-0.3, -0.25) is 0 Å². The van der Waals surface area contributed by atoms with Crippen molar-refractivity contribution >= 4 is 11.9 Å². The van der Waals surface area contributed by atoms with Gasteiger partial charge in [0.2, 0.25) is 5.83 Å². The number of carbonyl (C=O) groups excluding carboxylic acids is 2. The number of hydrogen-bond donors (Lipinski definition) is 0. The van der Waals surface area contributed by atoms with Gasteiger partial charge in [-0.15, -0.1) is 0 Å². The predicted molar refractivity (Wildman–Crippen MR) is 44.9 cm³/mol. The van der Waals surface area contributed by atoms with Crippen molar-refractivity contribution in [2.75, 3.05) is 14.2 Å². The van der Waals surface area contributed by atoms with Crippen LogP contribution in [0.3, 0.4) is 0 Å². The first-order valence-corrected chi connectivity index (χ1v) is 3.55. The number of halogens is 3. The zero-order valence-corrected chi connectivity index (χ0v) is 8.47. The summed E-state index contributed by atoms with van der Waals surface area (Å²) in [4.78, 5) is 19.7. The molecule has 0 aromatic heterocycles. The fourth-order valence-electron chi connectivity index (χ4n) is 0.290. The highest BCUT2D eigenvalue weighted by Gasteiger charge is 2.33. The second kappa shape index (κ2) is 6.86. The smallest absolute Gasteiger partial charge is 0.376 e.